The molecule has 0 saturated carbocycles. The Morgan fingerprint density at radius 1 is 1.35 bits per heavy atom. The molecule has 2 rings (SSSR count). The first-order chi connectivity index (χ1) is 9.61. The third-order valence-electron chi connectivity index (χ3n) is 2.78. The summed E-state index contributed by atoms with van der Waals surface area (Å²) < 4.78 is 0. The van der Waals surface area contributed by atoms with Gasteiger partial charge in [-0.25, -0.2) is 9.78 Å². The summed E-state index contributed by atoms with van der Waals surface area (Å²) in [6.07, 6.45) is 2.46. The van der Waals surface area contributed by atoms with Gasteiger partial charge >= 0.3 is 5.97 Å². The number of aromatic carboxylic acids is 1. The lowest BCUT2D eigenvalue weighted by Gasteiger charge is -2.19. The molecule has 0 spiro atoms. The van der Waals surface area contributed by atoms with Gasteiger partial charge in [-0.3, -0.25) is 4.79 Å². The van der Waals surface area contributed by atoms with Crippen molar-refractivity contribution < 1.29 is 14.7 Å². The van der Waals surface area contributed by atoms with Crippen LogP contribution in [0.15, 0.2) is 23.7 Å². The van der Waals surface area contributed by atoms with Crippen molar-refractivity contribution in [3.05, 3.63) is 38.5 Å². The summed E-state index contributed by atoms with van der Waals surface area (Å²) in [4.78, 5) is 29.7. The molecule has 20 heavy (non-hydrogen) atoms. The van der Waals surface area contributed by atoms with E-state index in [1.165, 1.54) is 6.07 Å². The minimum atomic E-state index is -1.00. The summed E-state index contributed by atoms with van der Waals surface area (Å²) in [6, 6.07) is 3.04. The molecular weight excluding hydrogens is 296 g/mol. The van der Waals surface area contributed by atoms with Gasteiger partial charge in [-0.2, -0.15) is 0 Å². The maximum Gasteiger partial charge on any atom is 0.345 e. The molecule has 7 heteroatoms. The molecule has 106 valence electrons. The molecule has 0 aromatic carbocycles. The van der Waals surface area contributed by atoms with E-state index in [2.05, 4.69) is 4.98 Å². The Bertz CT molecular complexity index is 593. The van der Waals surface area contributed by atoms with Gasteiger partial charge in [-0.05, 0) is 19.1 Å². The second-order valence-electron chi connectivity index (χ2n) is 4.03. The first-order valence-electron chi connectivity index (χ1n) is 6.12. The van der Waals surface area contributed by atoms with Gasteiger partial charge in [0.15, 0.2) is 0 Å². The van der Waals surface area contributed by atoms with Gasteiger partial charge in [0.1, 0.15) is 4.88 Å². The Labute approximate surface area is 124 Å². The van der Waals surface area contributed by atoms with Crippen LogP contribution in [0.3, 0.4) is 0 Å². The number of carboxylic acids is 1. The third kappa shape index (κ3) is 3.43. The number of hydrogen-bond donors (Lipinski definition) is 1. The highest BCUT2D eigenvalue weighted by molar-refractivity contribution is 7.15. The van der Waals surface area contributed by atoms with E-state index in [9.17, 15) is 9.59 Å². The molecule has 0 aliphatic rings. The van der Waals surface area contributed by atoms with Crippen molar-refractivity contribution in [1.29, 1.82) is 0 Å². The quantitative estimate of drug-likeness (QED) is 0.890. The fraction of sp³-hybridized carbons (Fsp3) is 0.308. The van der Waals surface area contributed by atoms with E-state index < -0.39 is 5.97 Å². The standard InChI is InChI=1S/C13H14N2O3S2/c1-2-15(7-5-11-14-6-8-19-11)12(16)9-3-4-10(20-9)13(17)18/h3-4,6,8H,2,5,7H2,1H3,(H,17,18). The summed E-state index contributed by atoms with van der Waals surface area (Å²) >= 11 is 2.58. The first-order valence-corrected chi connectivity index (χ1v) is 7.82. The molecule has 0 aliphatic carbocycles. The van der Waals surface area contributed by atoms with Crippen LogP contribution in [0.1, 0.15) is 31.3 Å². The fourth-order valence-corrected chi connectivity index (χ4v) is 3.16. The number of nitrogens with zero attached hydrogens (tertiary/aromatic N) is 2. The number of carboxylic acid groups (broad SMARTS) is 1. The number of carbonyl (C=O) groups is 2. The normalized spacial score (nSPS) is 10.4. The number of carbonyl (C=O) groups excluding carboxylic acids is 1. The lowest BCUT2D eigenvalue weighted by Crippen LogP contribution is -2.32. The zero-order valence-corrected chi connectivity index (χ0v) is 12.5. The molecule has 0 saturated heterocycles. The molecule has 0 bridgehead atoms. The predicted molar refractivity (Wildman–Crippen MR) is 78.7 cm³/mol. The number of aromatic nitrogens is 1. The lowest BCUT2D eigenvalue weighted by molar-refractivity contribution is 0.0701. The average Bonchev–Trinajstić information content (AvgIpc) is 3.10. The van der Waals surface area contributed by atoms with E-state index in [1.54, 1.807) is 28.5 Å². The molecule has 1 N–H and O–H groups in total. The Morgan fingerprint density at radius 3 is 2.65 bits per heavy atom. The van der Waals surface area contributed by atoms with Gasteiger partial charge in [0, 0.05) is 31.1 Å². The van der Waals surface area contributed by atoms with Crippen molar-refractivity contribution in [3.63, 3.8) is 0 Å². The van der Waals surface area contributed by atoms with Crippen molar-refractivity contribution in [2.75, 3.05) is 13.1 Å². The summed E-state index contributed by atoms with van der Waals surface area (Å²) in [5, 5.41) is 11.8. The Morgan fingerprint density at radius 2 is 2.10 bits per heavy atom. The number of thiazole rings is 1. The summed E-state index contributed by atoms with van der Waals surface area (Å²) in [5.74, 6) is -1.12. The Hall–Kier alpha value is -1.73. The zero-order valence-electron chi connectivity index (χ0n) is 10.9. The molecule has 0 unspecified atom stereocenters. The molecule has 1 amide bonds. The molecule has 2 aromatic heterocycles. The summed E-state index contributed by atoms with van der Waals surface area (Å²) in [5.41, 5.74) is 0. The maximum atomic E-state index is 12.3. The number of amides is 1. The van der Waals surface area contributed by atoms with Crippen molar-refractivity contribution in [2.24, 2.45) is 0 Å². The van der Waals surface area contributed by atoms with E-state index in [4.69, 9.17) is 5.11 Å². The van der Waals surface area contributed by atoms with Crippen LogP contribution >= 0.6 is 22.7 Å². The molecule has 2 heterocycles. The molecule has 0 aliphatic heterocycles. The van der Waals surface area contributed by atoms with Crippen molar-refractivity contribution in [1.82, 2.24) is 9.88 Å². The van der Waals surface area contributed by atoms with E-state index in [0.29, 0.717) is 24.4 Å². The van der Waals surface area contributed by atoms with Crippen LogP contribution in [0, 0.1) is 0 Å². The van der Waals surface area contributed by atoms with Gasteiger partial charge in [0.2, 0.25) is 0 Å². The Balaban J connectivity index is 2.02. The van der Waals surface area contributed by atoms with E-state index >= 15 is 0 Å². The lowest BCUT2D eigenvalue weighted by atomic mass is 10.3. The van der Waals surface area contributed by atoms with Crippen molar-refractivity contribution in [3.8, 4) is 0 Å². The van der Waals surface area contributed by atoms with Crippen LogP contribution < -0.4 is 0 Å². The van der Waals surface area contributed by atoms with Crippen LogP contribution in [-0.2, 0) is 6.42 Å². The monoisotopic (exact) mass is 310 g/mol. The van der Waals surface area contributed by atoms with Crippen LogP contribution in [0.4, 0.5) is 0 Å². The third-order valence-corrected chi connectivity index (χ3v) is 4.68. The van der Waals surface area contributed by atoms with Gasteiger partial charge in [0.05, 0.1) is 9.88 Å². The predicted octanol–water partition coefficient (Wildman–Crippen LogP) is 2.61. The molecule has 2 aromatic rings. The van der Waals surface area contributed by atoms with Crippen LogP contribution in [-0.4, -0.2) is 40.0 Å². The number of thiophene rings is 1. The molecule has 0 atom stereocenters. The SMILES string of the molecule is CCN(CCc1nccs1)C(=O)c1ccc(C(=O)O)s1. The van der Waals surface area contributed by atoms with E-state index in [1.807, 2.05) is 12.3 Å². The minimum absolute atomic E-state index is 0.124. The number of likely N-dealkylation sites (N-methyl/N-ethyl adjacent to an activating group) is 1. The molecule has 5 nitrogen and oxygen atoms in total. The topological polar surface area (TPSA) is 70.5 Å². The number of rotatable bonds is 6. The van der Waals surface area contributed by atoms with Gasteiger partial charge in [-0.1, -0.05) is 0 Å². The highest BCUT2D eigenvalue weighted by Gasteiger charge is 2.18. The zero-order chi connectivity index (χ0) is 14.5. The summed E-state index contributed by atoms with van der Waals surface area (Å²) in [6.45, 7) is 3.08. The van der Waals surface area contributed by atoms with Crippen molar-refractivity contribution in [2.45, 2.75) is 13.3 Å². The maximum absolute atomic E-state index is 12.3. The second-order valence-corrected chi connectivity index (χ2v) is 6.09. The average molecular weight is 310 g/mol. The fourth-order valence-electron chi connectivity index (χ4n) is 1.73. The van der Waals surface area contributed by atoms with Crippen molar-refractivity contribution >= 4 is 34.6 Å². The second kappa shape index (κ2) is 6.62. The van der Waals surface area contributed by atoms with Gasteiger partial charge in [-0.15, -0.1) is 22.7 Å². The molecular formula is C13H14N2O3S2. The molecule has 0 fully saturated rings. The van der Waals surface area contributed by atoms with E-state index in [-0.39, 0.29) is 10.8 Å². The molecule has 0 radical (unpaired) electrons. The first kappa shape index (κ1) is 14.7. The van der Waals surface area contributed by atoms with Crippen LogP contribution in [0.2, 0.25) is 0 Å². The number of hydrogen-bond acceptors (Lipinski definition) is 5. The van der Waals surface area contributed by atoms with E-state index in [0.717, 1.165) is 16.3 Å². The minimum Gasteiger partial charge on any atom is -0.477 e. The highest BCUT2D eigenvalue weighted by atomic mass is 32.1. The van der Waals surface area contributed by atoms with Crippen LogP contribution in [0.5, 0.6) is 0 Å². The van der Waals surface area contributed by atoms with Gasteiger partial charge < -0.3 is 10.0 Å². The summed E-state index contributed by atoms with van der Waals surface area (Å²) in [7, 11) is 0. The highest BCUT2D eigenvalue weighted by Crippen LogP contribution is 2.18. The smallest absolute Gasteiger partial charge is 0.345 e. The Kier molecular flexibility index (Phi) is 4.86. The van der Waals surface area contributed by atoms with Gasteiger partial charge in [0.25, 0.3) is 5.91 Å². The largest absolute Gasteiger partial charge is 0.477 e. The van der Waals surface area contributed by atoms with Crippen LogP contribution in [0.25, 0.3) is 0 Å².